The van der Waals surface area contributed by atoms with E-state index in [0.717, 1.165) is 44.9 Å². The first-order valence-electron chi connectivity index (χ1n) is 8.08. The zero-order valence-electron chi connectivity index (χ0n) is 13.8. The Labute approximate surface area is 162 Å². The third-order valence-corrected chi connectivity index (χ3v) is 4.60. The molecule has 0 amide bonds. The van der Waals surface area contributed by atoms with Crippen molar-refractivity contribution in [1.82, 2.24) is 15.1 Å². The van der Waals surface area contributed by atoms with E-state index in [4.69, 9.17) is 5.73 Å². The molecule has 3 aliphatic heterocycles. The van der Waals surface area contributed by atoms with E-state index in [1.807, 2.05) is 0 Å². The van der Waals surface area contributed by atoms with Gasteiger partial charge in [-0.15, -0.1) is 24.0 Å². The van der Waals surface area contributed by atoms with Gasteiger partial charge in [-0.3, -0.25) is 9.80 Å². The first-order chi connectivity index (χ1) is 11.4. The Hall–Kier alpha value is -1.07. The molecule has 3 fully saturated rings. The summed E-state index contributed by atoms with van der Waals surface area (Å²) >= 11 is 0. The Morgan fingerprint density at radius 1 is 1.24 bits per heavy atom. The molecule has 140 valence electrons. The van der Waals surface area contributed by atoms with E-state index in [-0.39, 0.29) is 36.5 Å². The number of nitrogens with zero attached hydrogens (tertiary/aromatic N) is 3. The van der Waals surface area contributed by atoms with Gasteiger partial charge >= 0.3 is 6.18 Å². The number of hydrogen-bond acceptors (Lipinski definition) is 3. The number of nitrogens with one attached hydrogen (secondary N) is 1. The molecule has 3 aliphatic rings. The summed E-state index contributed by atoms with van der Waals surface area (Å²) in [5.41, 5.74) is 5.67. The van der Waals surface area contributed by atoms with Crippen LogP contribution in [0.25, 0.3) is 0 Å². The molecule has 3 heterocycles. The number of benzene rings is 1. The standard InChI is InChI=1S/C16H22F3N5.HI/c17-16(18,19)13-3-1-2-12(8-13)9-21-15(20)22-10-14-11-23-4-6-24(14)7-5-23;/h1-3,8,14H,4-7,9-11H2,(H3,20,21,22);1H. The minimum atomic E-state index is -4.34. The number of alkyl halides is 3. The van der Waals surface area contributed by atoms with Gasteiger partial charge < -0.3 is 11.1 Å². The third kappa shape index (κ3) is 5.45. The van der Waals surface area contributed by atoms with Gasteiger partial charge in [-0.25, -0.2) is 4.99 Å². The molecule has 2 bridgehead atoms. The molecule has 1 atom stereocenters. The van der Waals surface area contributed by atoms with E-state index < -0.39 is 11.7 Å². The number of nitrogens with two attached hydrogens (primary N) is 1. The SMILES string of the molecule is I.NC(=NCc1cccc(C(F)(F)F)c1)NCC1CN2CCN1CC2. The van der Waals surface area contributed by atoms with Crippen LogP contribution in [0.4, 0.5) is 13.2 Å². The van der Waals surface area contributed by atoms with Gasteiger partial charge in [-0.05, 0) is 17.7 Å². The second-order valence-electron chi connectivity index (χ2n) is 6.27. The lowest BCUT2D eigenvalue weighted by molar-refractivity contribution is -0.137. The smallest absolute Gasteiger partial charge is 0.370 e. The predicted octanol–water partition coefficient (Wildman–Crippen LogP) is 1.73. The van der Waals surface area contributed by atoms with Crippen molar-refractivity contribution in [2.24, 2.45) is 10.7 Å². The van der Waals surface area contributed by atoms with Gasteiger partial charge in [0, 0.05) is 45.3 Å². The van der Waals surface area contributed by atoms with Crippen LogP contribution >= 0.6 is 24.0 Å². The molecule has 1 aromatic rings. The van der Waals surface area contributed by atoms with Crippen molar-refractivity contribution in [2.45, 2.75) is 18.8 Å². The molecular weight excluding hydrogens is 446 g/mol. The van der Waals surface area contributed by atoms with Crippen molar-refractivity contribution in [3.05, 3.63) is 35.4 Å². The highest BCUT2D eigenvalue weighted by Crippen LogP contribution is 2.29. The Kier molecular flexibility index (Phi) is 6.92. The van der Waals surface area contributed by atoms with Gasteiger partial charge in [-0.1, -0.05) is 12.1 Å². The average Bonchev–Trinajstić information content (AvgIpc) is 2.59. The molecule has 3 saturated heterocycles. The van der Waals surface area contributed by atoms with Crippen molar-refractivity contribution < 1.29 is 13.2 Å². The Morgan fingerprint density at radius 2 is 1.96 bits per heavy atom. The average molecular weight is 469 g/mol. The molecule has 1 unspecified atom stereocenters. The van der Waals surface area contributed by atoms with Gasteiger partial charge in [0.25, 0.3) is 0 Å². The van der Waals surface area contributed by atoms with Crippen molar-refractivity contribution >= 4 is 29.9 Å². The lowest BCUT2D eigenvalue weighted by Crippen LogP contribution is -2.63. The zero-order chi connectivity index (χ0) is 17.2. The number of hydrogen-bond donors (Lipinski definition) is 2. The maximum Gasteiger partial charge on any atom is 0.416 e. The first kappa shape index (κ1) is 20.2. The van der Waals surface area contributed by atoms with Crippen LogP contribution in [0.15, 0.2) is 29.3 Å². The van der Waals surface area contributed by atoms with Crippen LogP contribution in [0.3, 0.4) is 0 Å². The quantitative estimate of drug-likeness (QED) is 0.401. The minimum absolute atomic E-state index is 0. The van der Waals surface area contributed by atoms with Crippen LogP contribution in [0.5, 0.6) is 0 Å². The Balaban J connectivity index is 0.00000225. The number of piperazine rings is 3. The molecule has 1 aromatic carbocycles. The summed E-state index contributed by atoms with van der Waals surface area (Å²) in [5.74, 6) is 0.269. The second kappa shape index (κ2) is 8.54. The molecule has 0 aliphatic carbocycles. The van der Waals surface area contributed by atoms with Gasteiger partial charge in [0.1, 0.15) is 0 Å². The largest absolute Gasteiger partial charge is 0.416 e. The number of fused-ring (bicyclic) bond motifs is 3. The molecule has 5 nitrogen and oxygen atoms in total. The van der Waals surface area contributed by atoms with E-state index >= 15 is 0 Å². The van der Waals surface area contributed by atoms with Gasteiger partial charge in [0.2, 0.25) is 0 Å². The van der Waals surface area contributed by atoms with Crippen LogP contribution in [0.1, 0.15) is 11.1 Å². The van der Waals surface area contributed by atoms with Gasteiger partial charge in [0.05, 0.1) is 12.1 Å². The summed E-state index contributed by atoms with van der Waals surface area (Å²) < 4.78 is 38.1. The Bertz CT molecular complexity index is 600. The molecule has 4 rings (SSSR count). The highest BCUT2D eigenvalue weighted by atomic mass is 127. The lowest BCUT2D eigenvalue weighted by Gasteiger charge is -2.47. The summed E-state index contributed by atoms with van der Waals surface area (Å²) in [6.45, 7) is 6.25. The second-order valence-corrected chi connectivity index (χ2v) is 6.27. The summed E-state index contributed by atoms with van der Waals surface area (Å²) in [5, 5.41) is 3.09. The predicted molar refractivity (Wildman–Crippen MR) is 102 cm³/mol. The van der Waals surface area contributed by atoms with Crippen molar-refractivity contribution in [3.63, 3.8) is 0 Å². The zero-order valence-corrected chi connectivity index (χ0v) is 16.1. The first-order valence-corrected chi connectivity index (χ1v) is 8.08. The molecule has 0 aromatic heterocycles. The van der Waals surface area contributed by atoms with Crippen LogP contribution in [0.2, 0.25) is 0 Å². The normalized spacial score (nSPS) is 26.2. The summed E-state index contributed by atoms with van der Waals surface area (Å²) in [6.07, 6.45) is -4.34. The highest BCUT2D eigenvalue weighted by Gasteiger charge is 2.31. The van der Waals surface area contributed by atoms with E-state index in [2.05, 4.69) is 20.1 Å². The fourth-order valence-corrected chi connectivity index (χ4v) is 3.22. The molecule has 0 radical (unpaired) electrons. The maximum atomic E-state index is 12.7. The number of guanidine groups is 1. The molecule has 9 heteroatoms. The topological polar surface area (TPSA) is 56.9 Å². The van der Waals surface area contributed by atoms with Crippen LogP contribution in [-0.2, 0) is 12.7 Å². The van der Waals surface area contributed by atoms with E-state index in [1.165, 1.54) is 6.07 Å². The fraction of sp³-hybridized carbons (Fsp3) is 0.562. The van der Waals surface area contributed by atoms with Crippen LogP contribution in [0, 0.1) is 0 Å². The van der Waals surface area contributed by atoms with E-state index in [1.54, 1.807) is 6.07 Å². The molecule has 0 spiro atoms. The Morgan fingerprint density at radius 3 is 2.56 bits per heavy atom. The highest BCUT2D eigenvalue weighted by molar-refractivity contribution is 14.0. The maximum absolute atomic E-state index is 12.7. The lowest BCUT2D eigenvalue weighted by atomic mass is 10.1. The summed E-state index contributed by atoms with van der Waals surface area (Å²) in [6, 6.07) is 5.57. The summed E-state index contributed by atoms with van der Waals surface area (Å²) in [4.78, 5) is 9.02. The van der Waals surface area contributed by atoms with Crippen molar-refractivity contribution in [2.75, 3.05) is 39.3 Å². The van der Waals surface area contributed by atoms with Crippen molar-refractivity contribution in [1.29, 1.82) is 0 Å². The third-order valence-electron chi connectivity index (χ3n) is 4.60. The fourth-order valence-electron chi connectivity index (χ4n) is 3.22. The number of rotatable bonds is 4. The van der Waals surface area contributed by atoms with Crippen LogP contribution < -0.4 is 11.1 Å². The number of halogens is 4. The van der Waals surface area contributed by atoms with Crippen molar-refractivity contribution in [3.8, 4) is 0 Å². The van der Waals surface area contributed by atoms with E-state index in [9.17, 15) is 13.2 Å². The molecule has 0 saturated carbocycles. The number of aliphatic imine (C=N–C) groups is 1. The molecule has 3 N–H and O–H groups in total. The minimum Gasteiger partial charge on any atom is -0.370 e. The summed E-state index contributed by atoms with van der Waals surface area (Å²) in [7, 11) is 0. The van der Waals surface area contributed by atoms with Gasteiger partial charge in [-0.2, -0.15) is 13.2 Å². The van der Waals surface area contributed by atoms with Gasteiger partial charge in [0.15, 0.2) is 5.96 Å². The molecule has 25 heavy (non-hydrogen) atoms. The monoisotopic (exact) mass is 469 g/mol. The van der Waals surface area contributed by atoms with E-state index in [0.29, 0.717) is 18.2 Å². The molecular formula is C16H23F3IN5. The van der Waals surface area contributed by atoms with Crippen LogP contribution in [-0.4, -0.2) is 61.1 Å².